The fraction of sp³-hybridized carbons (Fsp3) is 1.00. The van der Waals surface area contributed by atoms with Gasteiger partial charge in [0.2, 0.25) is 0 Å². The highest BCUT2D eigenvalue weighted by molar-refractivity contribution is 7.91. The highest BCUT2D eigenvalue weighted by atomic mass is 32.2. The molecule has 5 heteroatoms. The molecule has 0 bridgehead atoms. The third-order valence-electron chi connectivity index (χ3n) is 2.58. The zero-order valence-corrected chi connectivity index (χ0v) is 10.6. The lowest BCUT2D eigenvalue weighted by molar-refractivity contribution is -0.0101. The summed E-state index contributed by atoms with van der Waals surface area (Å²) in [6.45, 7) is 7.35. The van der Waals surface area contributed by atoms with Gasteiger partial charge in [0.1, 0.15) is 0 Å². The Labute approximate surface area is 92.3 Å². The molecular formula is C10H21NO3S. The average molecular weight is 235 g/mol. The number of hydrogen-bond acceptors (Lipinski definition) is 4. The van der Waals surface area contributed by atoms with Gasteiger partial charge in [-0.1, -0.05) is 0 Å². The van der Waals surface area contributed by atoms with E-state index in [4.69, 9.17) is 4.74 Å². The molecule has 0 aromatic carbocycles. The summed E-state index contributed by atoms with van der Waals surface area (Å²) in [7, 11) is -2.78. The summed E-state index contributed by atoms with van der Waals surface area (Å²) in [5.74, 6) is 0.592. The minimum absolute atomic E-state index is 0.106. The van der Waals surface area contributed by atoms with Crippen LogP contribution in [0.15, 0.2) is 0 Å². The van der Waals surface area contributed by atoms with Crippen molar-refractivity contribution in [2.75, 3.05) is 24.7 Å². The van der Waals surface area contributed by atoms with E-state index in [1.165, 1.54) is 0 Å². The summed E-state index contributed by atoms with van der Waals surface area (Å²) in [4.78, 5) is 0. The van der Waals surface area contributed by atoms with Crippen LogP contribution in [0.1, 0.15) is 27.2 Å². The quantitative estimate of drug-likeness (QED) is 0.757. The van der Waals surface area contributed by atoms with E-state index < -0.39 is 9.84 Å². The molecule has 1 unspecified atom stereocenters. The van der Waals surface area contributed by atoms with E-state index >= 15 is 0 Å². The maximum absolute atomic E-state index is 11.2. The summed E-state index contributed by atoms with van der Waals surface area (Å²) in [5.41, 5.74) is -0.221. The largest absolute Gasteiger partial charge is 0.375 e. The predicted molar refractivity (Wildman–Crippen MR) is 60.8 cm³/mol. The normalized spacial score (nSPS) is 25.7. The van der Waals surface area contributed by atoms with Gasteiger partial charge in [0.15, 0.2) is 9.84 Å². The summed E-state index contributed by atoms with van der Waals surface area (Å²) < 4.78 is 28.0. The maximum Gasteiger partial charge on any atom is 0.151 e. The third kappa shape index (κ3) is 4.49. The van der Waals surface area contributed by atoms with Crippen molar-refractivity contribution in [2.24, 2.45) is 0 Å². The Kier molecular flexibility index (Phi) is 4.14. The van der Waals surface area contributed by atoms with E-state index in [0.717, 1.165) is 6.42 Å². The van der Waals surface area contributed by atoms with Gasteiger partial charge < -0.3 is 10.1 Å². The van der Waals surface area contributed by atoms with Crippen LogP contribution in [0.3, 0.4) is 0 Å². The van der Waals surface area contributed by atoms with Gasteiger partial charge in [-0.3, -0.25) is 0 Å². The predicted octanol–water partition coefficient (Wildman–Crippen LogP) is 0.578. The number of sulfone groups is 1. The van der Waals surface area contributed by atoms with Crippen molar-refractivity contribution in [3.05, 3.63) is 0 Å². The Hall–Kier alpha value is -0.130. The molecule has 0 aliphatic carbocycles. The van der Waals surface area contributed by atoms with Gasteiger partial charge in [0.05, 0.1) is 17.1 Å². The molecule has 1 fully saturated rings. The lowest BCUT2D eigenvalue weighted by Gasteiger charge is -2.26. The molecule has 1 rings (SSSR count). The highest BCUT2D eigenvalue weighted by Crippen LogP contribution is 2.13. The second kappa shape index (κ2) is 4.80. The van der Waals surface area contributed by atoms with Crippen LogP contribution < -0.4 is 5.32 Å². The molecule has 0 radical (unpaired) electrons. The molecule has 1 heterocycles. The third-order valence-corrected chi connectivity index (χ3v) is 4.35. The van der Waals surface area contributed by atoms with Gasteiger partial charge in [-0.15, -0.1) is 0 Å². The minimum atomic E-state index is -2.78. The summed E-state index contributed by atoms with van der Waals surface area (Å²) in [6, 6.07) is 0.106. The van der Waals surface area contributed by atoms with Crippen LogP contribution in [0.25, 0.3) is 0 Å². The fourth-order valence-corrected chi connectivity index (χ4v) is 3.50. The van der Waals surface area contributed by atoms with E-state index in [0.29, 0.717) is 18.9 Å². The molecule has 1 aliphatic rings. The lowest BCUT2D eigenvalue weighted by atomic mass is 10.1. The molecule has 0 amide bonds. The Morgan fingerprint density at radius 1 is 1.47 bits per heavy atom. The van der Waals surface area contributed by atoms with Gasteiger partial charge in [-0.25, -0.2) is 8.42 Å². The second-order valence-corrected chi connectivity index (χ2v) is 6.90. The van der Waals surface area contributed by atoms with E-state index in [-0.39, 0.29) is 17.4 Å². The topological polar surface area (TPSA) is 55.4 Å². The van der Waals surface area contributed by atoms with Crippen LogP contribution in [-0.4, -0.2) is 44.7 Å². The van der Waals surface area contributed by atoms with Crippen molar-refractivity contribution >= 4 is 9.84 Å². The molecular weight excluding hydrogens is 214 g/mol. The number of rotatable bonds is 5. The first-order chi connectivity index (χ1) is 6.85. The van der Waals surface area contributed by atoms with Crippen LogP contribution in [-0.2, 0) is 14.6 Å². The smallest absolute Gasteiger partial charge is 0.151 e. The van der Waals surface area contributed by atoms with Gasteiger partial charge in [-0.05, 0) is 27.2 Å². The van der Waals surface area contributed by atoms with Crippen LogP contribution in [0, 0.1) is 0 Å². The maximum atomic E-state index is 11.2. The standard InChI is InChI=1S/C10H21NO3S/c1-4-14-10(2,3)8-11-9-5-6-15(12,13)7-9/h9,11H,4-8H2,1-3H3. The Morgan fingerprint density at radius 2 is 2.13 bits per heavy atom. The Morgan fingerprint density at radius 3 is 2.60 bits per heavy atom. The molecule has 1 aliphatic heterocycles. The molecule has 0 aromatic rings. The Bertz CT molecular complexity index is 298. The molecule has 0 aromatic heterocycles. The highest BCUT2D eigenvalue weighted by Gasteiger charge is 2.29. The summed E-state index contributed by atoms with van der Waals surface area (Å²) in [6.07, 6.45) is 0.727. The lowest BCUT2D eigenvalue weighted by Crippen LogP contribution is -2.42. The monoisotopic (exact) mass is 235 g/mol. The van der Waals surface area contributed by atoms with E-state index in [2.05, 4.69) is 5.32 Å². The van der Waals surface area contributed by atoms with Crippen LogP contribution >= 0.6 is 0 Å². The van der Waals surface area contributed by atoms with Crippen LogP contribution in [0.4, 0.5) is 0 Å². The van der Waals surface area contributed by atoms with E-state index in [1.54, 1.807) is 0 Å². The fourth-order valence-electron chi connectivity index (χ4n) is 1.79. The van der Waals surface area contributed by atoms with Crippen molar-refractivity contribution in [2.45, 2.75) is 38.8 Å². The molecule has 1 atom stereocenters. The first-order valence-electron chi connectivity index (χ1n) is 5.42. The minimum Gasteiger partial charge on any atom is -0.375 e. The number of ether oxygens (including phenoxy) is 1. The zero-order valence-electron chi connectivity index (χ0n) is 9.75. The van der Waals surface area contributed by atoms with Gasteiger partial charge in [0.25, 0.3) is 0 Å². The average Bonchev–Trinajstić information content (AvgIpc) is 2.42. The number of nitrogens with one attached hydrogen (secondary N) is 1. The second-order valence-electron chi connectivity index (χ2n) is 4.67. The van der Waals surface area contributed by atoms with Gasteiger partial charge in [0, 0.05) is 19.2 Å². The Balaban J connectivity index is 2.32. The molecule has 1 N–H and O–H groups in total. The number of hydrogen-bond donors (Lipinski definition) is 1. The molecule has 4 nitrogen and oxygen atoms in total. The summed E-state index contributed by atoms with van der Waals surface area (Å²) in [5, 5.41) is 3.26. The first-order valence-corrected chi connectivity index (χ1v) is 7.24. The first kappa shape index (κ1) is 12.9. The van der Waals surface area contributed by atoms with Crippen molar-refractivity contribution in [1.82, 2.24) is 5.32 Å². The van der Waals surface area contributed by atoms with Crippen LogP contribution in [0.5, 0.6) is 0 Å². The van der Waals surface area contributed by atoms with Gasteiger partial charge >= 0.3 is 0 Å². The van der Waals surface area contributed by atoms with E-state index in [1.807, 2.05) is 20.8 Å². The van der Waals surface area contributed by atoms with Crippen molar-refractivity contribution in [3.8, 4) is 0 Å². The van der Waals surface area contributed by atoms with Crippen molar-refractivity contribution in [3.63, 3.8) is 0 Å². The summed E-state index contributed by atoms with van der Waals surface area (Å²) >= 11 is 0. The van der Waals surface area contributed by atoms with Crippen LogP contribution in [0.2, 0.25) is 0 Å². The molecule has 90 valence electrons. The van der Waals surface area contributed by atoms with Crippen molar-refractivity contribution < 1.29 is 13.2 Å². The molecule has 0 saturated carbocycles. The molecule has 15 heavy (non-hydrogen) atoms. The zero-order chi connectivity index (χ0) is 11.5. The van der Waals surface area contributed by atoms with Gasteiger partial charge in [-0.2, -0.15) is 0 Å². The SMILES string of the molecule is CCOC(C)(C)CNC1CCS(=O)(=O)C1. The van der Waals surface area contributed by atoms with Crippen molar-refractivity contribution in [1.29, 1.82) is 0 Å². The molecule has 1 saturated heterocycles. The molecule has 0 spiro atoms. The van der Waals surface area contributed by atoms with E-state index in [9.17, 15) is 8.42 Å².